The van der Waals surface area contributed by atoms with E-state index in [1.165, 1.54) is 122 Å². The van der Waals surface area contributed by atoms with Gasteiger partial charge in [0.05, 0.1) is 31.8 Å². The molecule has 0 aromatic rings. The van der Waals surface area contributed by atoms with E-state index in [-0.39, 0.29) is 13.0 Å². The Hall–Kier alpha value is -3.26. The molecule has 0 aliphatic carbocycles. The zero-order valence-corrected chi connectivity index (χ0v) is 35.9. The van der Waals surface area contributed by atoms with E-state index < -0.39 is 72.2 Å². The van der Waals surface area contributed by atoms with Crippen molar-refractivity contribution in [2.45, 2.75) is 231 Å². The Morgan fingerprint density at radius 2 is 0.759 bits per heavy atom. The van der Waals surface area contributed by atoms with Crippen molar-refractivity contribution in [2.24, 2.45) is 5.92 Å². The first-order valence-corrected chi connectivity index (χ1v) is 22.3. The third-order valence-corrected chi connectivity index (χ3v) is 10.6. The molecule has 0 aliphatic heterocycles. The van der Waals surface area contributed by atoms with Crippen LogP contribution in [-0.4, -0.2) is 89.4 Å². The average molecular weight is 833 g/mol. The molecule has 0 rings (SSSR count). The van der Waals surface area contributed by atoms with Crippen LogP contribution in [0.1, 0.15) is 219 Å². The highest BCUT2D eigenvalue weighted by atomic mass is 16.5. The lowest BCUT2D eigenvalue weighted by Gasteiger charge is -2.28. The first kappa shape index (κ1) is 56.8. The molecule has 0 saturated heterocycles. The molecule has 0 aromatic heterocycles. The van der Waals surface area contributed by atoms with Gasteiger partial charge in [-0.25, -0.2) is 9.59 Å². The summed E-state index contributed by atoms with van der Waals surface area (Å²) in [5, 5.41) is 64.7. The molecule has 0 bridgehead atoms. The number of hydrogen-bond donors (Lipinski definition) is 7. The quantitative estimate of drug-likeness (QED) is 0.0224. The SMILES string of the molecule is CCCCCCCCCCCCCCCCC(C(=O)O)C(O)(CC(=O)O)C(=O)O.CCCCCCCCCCCCCCCCOC(=O)CC(O)(CC(=O)O)C(=O)O. The number of unbranched alkanes of at least 4 members (excludes halogenated alkanes) is 26. The fourth-order valence-electron chi connectivity index (χ4n) is 6.92. The smallest absolute Gasteiger partial charge is 0.337 e. The van der Waals surface area contributed by atoms with Gasteiger partial charge < -0.3 is 40.5 Å². The predicted octanol–water partition coefficient (Wildman–Crippen LogP) is 9.54. The molecule has 340 valence electrons. The number of carboxylic acid groups (broad SMARTS) is 5. The third kappa shape index (κ3) is 31.7. The summed E-state index contributed by atoms with van der Waals surface area (Å²) in [6.07, 6.45) is 29.9. The maximum absolute atomic E-state index is 11.6. The van der Waals surface area contributed by atoms with E-state index in [1.54, 1.807) is 0 Å². The lowest BCUT2D eigenvalue weighted by molar-refractivity contribution is -0.179. The molecule has 3 unspecified atom stereocenters. The molecular formula is C44H80O14. The van der Waals surface area contributed by atoms with E-state index in [4.69, 9.17) is 25.2 Å². The molecule has 0 aliphatic rings. The molecular weight excluding hydrogens is 752 g/mol. The lowest BCUT2D eigenvalue weighted by atomic mass is 9.81. The van der Waals surface area contributed by atoms with Gasteiger partial charge in [0.25, 0.3) is 0 Å². The standard InChI is InChI=1S/2C22H40O7/c1-2-3-4-5-6-7-8-9-10-11-12-13-14-15-16-29-20(25)18-22(28,21(26)27)17-19(23)24;1-2-3-4-5-6-7-8-9-10-11-12-13-14-15-16-18(20(25)26)22(29,21(27)28)17-19(23)24/h28H,2-18H2,1H3,(H,23,24)(H,26,27);18,29H,2-17H2,1H3,(H,23,24)(H,25,26)(H,27,28). The Kier molecular flexibility index (Phi) is 36.1. The van der Waals surface area contributed by atoms with Gasteiger partial charge in [0.1, 0.15) is 0 Å². The van der Waals surface area contributed by atoms with Gasteiger partial charge in [0.15, 0.2) is 11.2 Å². The van der Waals surface area contributed by atoms with Crippen LogP contribution in [0.5, 0.6) is 0 Å². The molecule has 0 heterocycles. The third-order valence-electron chi connectivity index (χ3n) is 10.6. The Bertz CT molecular complexity index is 1110. The topological polar surface area (TPSA) is 253 Å². The van der Waals surface area contributed by atoms with Gasteiger partial charge >= 0.3 is 35.8 Å². The van der Waals surface area contributed by atoms with Crippen LogP contribution in [0.3, 0.4) is 0 Å². The number of esters is 1. The zero-order chi connectivity index (χ0) is 44.1. The fraction of sp³-hybridized carbons (Fsp3) is 0.864. The summed E-state index contributed by atoms with van der Waals surface area (Å²) >= 11 is 0. The van der Waals surface area contributed by atoms with E-state index in [2.05, 4.69) is 13.8 Å². The zero-order valence-electron chi connectivity index (χ0n) is 35.9. The molecule has 14 nitrogen and oxygen atoms in total. The Labute approximate surface area is 347 Å². The maximum Gasteiger partial charge on any atom is 0.337 e. The van der Waals surface area contributed by atoms with Gasteiger partial charge in [0, 0.05) is 0 Å². The molecule has 7 N–H and O–H groups in total. The first-order chi connectivity index (χ1) is 27.6. The highest BCUT2D eigenvalue weighted by molar-refractivity contribution is 5.90. The van der Waals surface area contributed by atoms with Crippen molar-refractivity contribution in [3.05, 3.63) is 0 Å². The molecule has 58 heavy (non-hydrogen) atoms. The van der Waals surface area contributed by atoms with E-state index in [0.717, 1.165) is 44.9 Å². The second kappa shape index (κ2) is 36.8. The summed E-state index contributed by atoms with van der Waals surface area (Å²) in [7, 11) is 0. The Morgan fingerprint density at radius 3 is 1.05 bits per heavy atom. The summed E-state index contributed by atoms with van der Waals surface area (Å²) in [5.41, 5.74) is -5.41. The number of ether oxygens (including phenoxy) is 1. The van der Waals surface area contributed by atoms with Crippen LogP contribution in [0.25, 0.3) is 0 Å². The molecule has 0 aromatic carbocycles. The first-order valence-electron chi connectivity index (χ1n) is 22.3. The van der Waals surface area contributed by atoms with Crippen LogP contribution in [0.4, 0.5) is 0 Å². The highest BCUT2D eigenvalue weighted by Crippen LogP contribution is 2.28. The molecule has 0 saturated carbocycles. The second-order valence-electron chi connectivity index (χ2n) is 16.0. The van der Waals surface area contributed by atoms with Crippen LogP contribution in [0.2, 0.25) is 0 Å². The number of hydrogen-bond acceptors (Lipinski definition) is 9. The van der Waals surface area contributed by atoms with E-state index in [9.17, 15) is 44.1 Å². The minimum Gasteiger partial charge on any atom is -0.481 e. The van der Waals surface area contributed by atoms with Gasteiger partial charge in [-0.2, -0.15) is 0 Å². The summed E-state index contributed by atoms with van der Waals surface area (Å²) in [4.78, 5) is 66.7. The monoisotopic (exact) mass is 833 g/mol. The summed E-state index contributed by atoms with van der Waals surface area (Å²) in [5.74, 6) is -10.6. The molecule has 0 fully saturated rings. The molecule has 0 spiro atoms. The maximum atomic E-state index is 11.6. The van der Waals surface area contributed by atoms with Gasteiger partial charge in [-0.05, 0) is 12.8 Å². The number of carboxylic acids is 5. The van der Waals surface area contributed by atoms with Crippen molar-refractivity contribution in [1.29, 1.82) is 0 Å². The van der Waals surface area contributed by atoms with Crippen molar-refractivity contribution < 1.29 is 69.2 Å². The van der Waals surface area contributed by atoms with Crippen molar-refractivity contribution in [3.63, 3.8) is 0 Å². The van der Waals surface area contributed by atoms with Gasteiger partial charge in [-0.1, -0.05) is 187 Å². The summed E-state index contributed by atoms with van der Waals surface area (Å²) < 4.78 is 4.92. The van der Waals surface area contributed by atoms with Crippen LogP contribution < -0.4 is 0 Å². The van der Waals surface area contributed by atoms with Gasteiger partial charge in [-0.15, -0.1) is 0 Å². The minimum absolute atomic E-state index is 0.0521. The summed E-state index contributed by atoms with van der Waals surface area (Å²) in [6.45, 7) is 4.61. The van der Waals surface area contributed by atoms with Crippen molar-refractivity contribution in [2.75, 3.05) is 6.61 Å². The number of rotatable bonds is 40. The highest BCUT2D eigenvalue weighted by Gasteiger charge is 2.49. The van der Waals surface area contributed by atoms with Crippen molar-refractivity contribution in [1.82, 2.24) is 0 Å². The predicted molar refractivity (Wildman–Crippen MR) is 222 cm³/mol. The lowest BCUT2D eigenvalue weighted by Crippen LogP contribution is -2.50. The van der Waals surface area contributed by atoms with E-state index in [0.29, 0.717) is 12.8 Å². The van der Waals surface area contributed by atoms with Crippen LogP contribution in [0.15, 0.2) is 0 Å². The van der Waals surface area contributed by atoms with Crippen LogP contribution in [-0.2, 0) is 33.5 Å². The van der Waals surface area contributed by atoms with Crippen molar-refractivity contribution >= 4 is 35.8 Å². The second-order valence-corrected chi connectivity index (χ2v) is 16.0. The number of carbonyl (C=O) groups excluding carboxylic acids is 1. The molecule has 0 amide bonds. The molecule has 0 radical (unpaired) electrons. The van der Waals surface area contributed by atoms with Gasteiger partial charge in [0.2, 0.25) is 0 Å². The summed E-state index contributed by atoms with van der Waals surface area (Å²) in [6, 6.07) is 0. The van der Waals surface area contributed by atoms with Crippen LogP contribution >= 0.6 is 0 Å². The molecule has 3 atom stereocenters. The Morgan fingerprint density at radius 1 is 0.431 bits per heavy atom. The minimum atomic E-state index is -2.78. The van der Waals surface area contributed by atoms with Crippen LogP contribution in [0, 0.1) is 5.92 Å². The largest absolute Gasteiger partial charge is 0.481 e. The number of carbonyl (C=O) groups is 6. The van der Waals surface area contributed by atoms with E-state index >= 15 is 0 Å². The fourth-order valence-corrected chi connectivity index (χ4v) is 6.92. The molecule has 14 heteroatoms. The normalized spacial score (nSPS) is 13.7. The average Bonchev–Trinajstić information content (AvgIpc) is 3.14. The van der Waals surface area contributed by atoms with Gasteiger partial charge in [-0.3, -0.25) is 19.2 Å². The number of aliphatic hydroxyl groups is 2. The Balaban J connectivity index is 0. The van der Waals surface area contributed by atoms with Crippen molar-refractivity contribution in [3.8, 4) is 0 Å². The number of aliphatic carboxylic acids is 5. The van der Waals surface area contributed by atoms with E-state index in [1.807, 2.05) is 0 Å².